The fraction of sp³-hybridized carbons (Fsp3) is 0.381. The second kappa shape index (κ2) is 10.9. The van der Waals surface area contributed by atoms with Gasteiger partial charge in [0.15, 0.2) is 0 Å². The summed E-state index contributed by atoms with van der Waals surface area (Å²) in [5, 5.41) is 3.29. The van der Waals surface area contributed by atoms with E-state index < -0.39 is 15.9 Å². The Hall–Kier alpha value is -1.96. The fourth-order valence-corrected chi connectivity index (χ4v) is 4.21. The molecule has 1 amide bonds. The lowest BCUT2D eigenvalue weighted by molar-refractivity contribution is -0.119. The molecular formula is C21H26Cl2N2O4S. The molecule has 30 heavy (non-hydrogen) atoms. The zero-order valence-corrected chi connectivity index (χ0v) is 19.5. The Morgan fingerprint density at radius 2 is 1.80 bits per heavy atom. The van der Waals surface area contributed by atoms with Gasteiger partial charge in [-0.25, -0.2) is 8.42 Å². The van der Waals surface area contributed by atoms with Crippen molar-refractivity contribution in [3.63, 3.8) is 0 Å². The standard InChI is InChI=1S/C21H26Cl2N2O4S/c1-15(2)29-18-9-6-16(7-10-18)5-4-12-24-21(26)14-25(30(3,27)28)20-11-8-17(22)13-19(20)23/h6-11,13,15H,4-5,12,14H2,1-3H3,(H,24,26). The fourth-order valence-electron chi connectivity index (χ4n) is 2.78. The van der Waals surface area contributed by atoms with Crippen LogP contribution in [-0.2, 0) is 21.2 Å². The van der Waals surface area contributed by atoms with Crippen molar-refractivity contribution in [1.82, 2.24) is 5.32 Å². The lowest BCUT2D eigenvalue weighted by Gasteiger charge is -2.23. The number of ether oxygens (including phenoxy) is 1. The summed E-state index contributed by atoms with van der Waals surface area (Å²) in [5.74, 6) is 0.413. The smallest absolute Gasteiger partial charge is 0.240 e. The van der Waals surface area contributed by atoms with Gasteiger partial charge in [-0.15, -0.1) is 0 Å². The predicted octanol–water partition coefficient (Wildman–Crippen LogP) is 4.30. The molecule has 0 radical (unpaired) electrons. The van der Waals surface area contributed by atoms with E-state index in [2.05, 4.69) is 5.32 Å². The molecule has 0 aliphatic heterocycles. The largest absolute Gasteiger partial charge is 0.491 e. The van der Waals surface area contributed by atoms with Gasteiger partial charge in [0.25, 0.3) is 0 Å². The van der Waals surface area contributed by atoms with Crippen LogP contribution in [0.3, 0.4) is 0 Å². The van der Waals surface area contributed by atoms with Crippen molar-refractivity contribution in [3.05, 3.63) is 58.1 Å². The lowest BCUT2D eigenvalue weighted by Crippen LogP contribution is -2.40. The van der Waals surface area contributed by atoms with Crippen LogP contribution in [-0.4, -0.2) is 39.8 Å². The molecular weight excluding hydrogens is 447 g/mol. The zero-order chi connectivity index (χ0) is 22.3. The monoisotopic (exact) mass is 472 g/mol. The Bertz CT molecular complexity index is 963. The number of hydrogen-bond acceptors (Lipinski definition) is 4. The predicted molar refractivity (Wildman–Crippen MR) is 122 cm³/mol. The number of anilines is 1. The Kier molecular flexibility index (Phi) is 8.82. The minimum Gasteiger partial charge on any atom is -0.491 e. The average Bonchev–Trinajstić information content (AvgIpc) is 2.64. The molecule has 1 N–H and O–H groups in total. The second-order valence-electron chi connectivity index (χ2n) is 7.13. The first-order valence-corrected chi connectivity index (χ1v) is 12.1. The first-order valence-electron chi connectivity index (χ1n) is 9.51. The maximum Gasteiger partial charge on any atom is 0.240 e. The third-order valence-electron chi connectivity index (χ3n) is 4.13. The topological polar surface area (TPSA) is 75.7 Å². The summed E-state index contributed by atoms with van der Waals surface area (Å²) in [6, 6.07) is 12.3. The van der Waals surface area contributed by atoms with Crippen LogP contribution in [0.1, 0.15) is 25.8 Å². The van der Waals surface area contributed by atoms with Crippen molar-refractivity contribution < 1.29 is 17.9 Å². The van der Waals surface area contributed by atoms with E-state index in [1.165, 1.54) is 18.2 Å². The van der Waals surface area contributed by atoms with Gasteiger partial charge in [0.05, 0.1) is 23.1 Å². The van der Waals surface area contributed by atoms with E-state index >= 15 is 0 Å². The summed E-state index contributed by atoms with van der Waals surface area (Å²) >= 11 is 12.0. The average molecular weight is 473 g/mol. The number of aryl methyl sites for hydroxylation is 1. The number of rotatable bonds is 10. The molecule has 0 aliphatic carbocycles. The van der Waals surface area contributed by atoms with Crippen LogP contribution in [0, 0.1) is 0 Å². The van der Waals surface area contributed by atoms with E-state index in [1.54, 1.807) is 0 Å². The number of sulfonamides is 1. The maximum absolute atomic E-state index is 12.3. The zero-order valence-electron chi connectivity index (χ0n) is 17.2. The second-order valence-corrected chi connectivity index (χ2v) is 9.88. The van der Waals surface area contributed by atoms with Gasteiger partial charge in [-0.1, -0.05) is 35.3 Å². The van der Waals surface area contributed by atoms with E-state index in [0.29, 0.717) is 11.6 Å². The molecule has 0 bridgehead atoms. The number of amides is 1. The minimum absolute atomic E-state index is 0.125. The van der Waals surface area contributed by atoms with Crippen molar-refractivity contribution in [1.29, 1.82) is 0 Å². The summed E-state index contributed by atoms with van der Waals surface area (Å²) < 4.78 is 30.9. The van der Waals surface area contributed by atoms with Crippen LogP contribution in [0.15, 0.2) is 42.5 Å². The maximum atomic E-state index is 12.3. The van der Waals surface area contributed by atoms with E-state index in [4.69, 9.17) is 27.9 Å². The SMILES string of the molecule is CC(C)Oc1ccc(CCCNC(=O)CN(c2ccc(Cl)cc2Cl)S(C)(=O)=O)cc1. The third-order valence-corrected chi connectivity index (χ3v) is 5.79. The van der Waals surface area contributed by atoms with Crippen LogP contribution in [0.5, 0.6) is 5.75 Å². The molecule has 9 heteroatoms. The number of hydrogen-bond donors (Lipinski definition) is 1. The number of benzene rings is 2. The molecule has 0 unspecified atom stereocenters. The number of halogens is 2. The molecule has 2 aromatic carbocycles. The van der Waals surface area contributed by atoms with E-state index in [0.717, 1.165) is 34.7 Å². The van der Waals surface area contributed by atoms with E-state index in [9.17, 15) is 13.2 Å². The highest BCUT2D eigenvalue weighted by molar-refractivity contribution is 7.92. The molecule has 0 saturated heterocycles. The van der Waals surface area contributed by atoms with Crippen molar-refractivity contribution in [2.75, 3.05) is 23.7 Å². The van der Waals surface area contributed by atoms with Gasteiger partial charge in [0.1, 0.15) is 12.3 Å². The van der Waals surface area contributed by atoms with Gasteiger partial charge in [-0.05, 0) is 62.6 Å². The lowest BCUT2D eigenvalue weighted by atomic mass is 10.1. The molecule has 0 aliphatic rings. The van der Waals surface area contributed by atoms with Crippen LogP contribution < -0.4 is 14.4 Å². The minimum atomic E-state index is -3.70. The van der Waals surface area contributed by atoms with Crippen molar-refractivity contribution in [2.45, 2.75) is 32.8 Å². The summed E-state index contributed by atoms with van der Waals surface area (Å²) in [6.07, 6.45) is 2.65. The highest BCUT2D eigenvalue weighted by Crippen LogP contribution is 2.30. The molecule has 164 valence electrons. The van der Waals surface area contributed by atoms with Crippen LogP contribution in [0.2, 0.25) is 10.0 Å². The molecule has 0 heterocycles. The third kappa shape index (κ3) is 7.70. The molecule has 2 rings (SSSR count). The van der Waals surface area contributed by atoms with Gasteiger partial charge >= 0.3 is 0 Å². The number of nitrogens with one attached hydrogen (secondary N) is 1. The molecule has 2 aromatic rings. The van der Waals surface area contributed by atoms with Crippen LogP contribution in [0.25, 0.3) is 0 Å². The summed E-state index contributed by atoms with van der Waals surface area (Å²) in [5.41, 5.74) is 1.34. The Balaban J connectivity index is 1.87. The molecule has 0 spiro atoms. The molecule has 0 atom stereocenters. The highest BCUT2D eigenvalue weighted by atomic mass is 35.5. The van der Waals surface area contributed by atoms with Crippen molar-refractivity contribution in [2.24, 2.45) is 0 Å². The van der Waals surface area contributed by atoms with Gasteiger partial charge in [-0.2, -0.15) is 0 Å². The van der Waals surface area contributed by atoms with E-state index in [-0.39, 0.29) is 23.4 Å². The van der Waals surface area contributed by atoms with Crippen LogP contribution in [0.4, 0.5) is 5.69 Å². The van der Waals surface area contributed by atoms with Crippen LogP contribution >= 0.6 is 23.2 Å². The van der Waals surface area contributed by atoms with Gasteiger partial charge in [0, 0.05) is 11.6 Å². The van der Waals surface area contributed by atoms with Gasteiger partial charge < -0.3 is 10.1 Å². The first kappa shape index (κ1) is 24.3. The molecule has 6 nitrogen and oxygen atoms in total. The first-order chi connectivity index (χ1) is 14.1. The molecule has 0 fully saturated rings. The summed E-state index contributed by atoms with van der Waals surface area (Å²) in [7, 11) is -3.70. The Morgan fingerprint density at radius 3 is 2.37 bits per heavy atom. The molecule has 0 saturated carbocycles. The van der Waals surface area contributed by atoms with Gasteiger partial charge in [0.2, 0.25) is 15.9 Å². The van der Waals surface area contributed by atoms with E-state index in [1.807, 2.05) is 38.1 Å². The van der Waals surface area contributed by atoms with Gasteiger partial charge in [-0.3, -0.25) is 9.10 Å². The number of nitrogens with zero attached hydrogens (tertiary/aromatic N) is 1. The quantitative estimate of drug-likeness (QED) is 0.523. The normalized spacial score (nSPS) is 11.4. The van der Waals surface area contributed by atoms with Crippen molar-refractivity contribution in [3.8, 4) is 5.75 Å². The Morgan fingerprint density at radius 1 is 1.13 bits per heavy atom. The Labute approximate surface area is 188 Å². The summed E-state index contributed by atoms with van der Waals surface area (Å²) in [4.78, 5) is 12.3. The van der Waals surface area contributed by atoms with Crippen molar-refractivity contribution >= 4 is 44.8 Å². The highest BCUT2D eigenvalue weighted by Gasteiger charge is 2.23. The number of carbonyl (C=O) groups excluding carboxylic acids is 1. The summed E-state index contributed by atoms with van der Waals surface area (Å²) in [6.45, 7) is 4.02. The molecule has 0 aromatic heterocycles. The number of carbonyl (C=O) groups is 1.